The summed E-state index contributed by atoms with van der Waals surface area (Å²) in [4.78, 5) is 24.6. The highest BCUT2D eigenvalue weighted by molar-refractivity contribution is 7.17. The standard InChI is InChI=1S/C14H18NO7P/c1-2-6-20-13-12(18)10(4-7-21-23-19)22-14(13)15-5-3-9(16)8-11(15)17/h3-5,7,10,12-14,18H,2,6,8H2,1H3/b7-4+/t10-,12-,13-,14-/m1/s1. The molecule has 0 radical (unpaired) electrons. The molecule has 1 N–H and O–H groups in total. The van der Waals surface area contributed by atoms with Crippen LogP contribution in [0.25, 0.3) is 0 Å². The summed E-state index contributed by atoms with van der Waals surface area (Å²) in [7, 11) is -0.524. The van der Waals surface area contributed by atoms with Crippen molar-refractivity contribution in [1.29, 1.82) is 0 Å². The highest BCUT2D eigenvalue weighted by Gasteiger charge is 2.47. The van der Waals surface area contributed by atoms with Crippen molar-refractivity contribution >= 4 is 20.4 Å². The van der Waals surface area contributed by atoms with Crippen LogP contribution >= 0.6 is 8.69 Å². The third-order valence-electron chi connectivity index (χ3n) is 3.45. The van der Waals surface area contributed by atoms with Gasteiger partial charge in [0.2, 0.25) is 5.91 Å². The van der Waals surface area contributed by atoms with Gasteiger partial charge in [0.25, 0.3) is 0 Å². The number of allylic oxidation sites excluding steroid dienone is 1. The fourth-order valence-electron chi connectivity index (χ4n) is 2.40. The fraction of sp³-hybridized carbons (Fsp3) is 0.571. The maximum absolute atomic E-state index is 12.0. The van der Waals surface area contributed by atoms with E-state index in [4.69, 9.17) is 9.47 Å². The zero-order chi connectivity index (χ0) is 16.8. The van der Waals surface area contributed by atoms with E-state index in [0.717, 1.165) is 12.7 Å². The Morgan fingerprint density at radius 2 is 2.30 bits per heavy atom. The van der Waals surface area contributed by atoms with Crippen molar-refractivity contribution in [2.75, 3.05) is 6.61 Å². The Balaban J connectivity index is 2.17. The van der Waals surface area contributed by atoms with E-state index in [-0.39, 0.29) is 12.2 Å². The van der Waals surface area contributed by atoms with Gasteiger partial charge >= 0.3 is 8.69 Å². The van der Waals surface area contributed by atoms with Crippen molar-refractivity contribution in [2.45, 2.75) is 44.3 Å². The van der Waals surface area contributed by atoms with Crippen LogP contribution in [0.15, 0.2) is 24.6 Å². The van der Waals surface area contributed by atoms with Crippen molar-refractivity contribution in [2.24, 2.45) is 0 Å². The van der Waals surface area contributed by atoms with E-state index < -0.39 is 39.1 Å². The molecule has 2 aliphatic rings. The second-order valence-electron chi connectivity index (χ2n) is 5.09. The Bertz CT molecular complexity index is 521. The minimum absolute atomic E-state index is 0.244. The maximum Gasteiger partial charge on any atom is 0.395 e. The molecule has 1 amide bonds. The number of carbonyl (C=O) groups is 2. The zero-order valence-electron chi connectivity index (χ0n) is 12.5. The van der Waals surface area contributed by atoms with E-state index in [1.165, 1.54) is 23.3 Å². The lowest BCUT2D eigenvalue weighted by Crippen LogP contribution is -2.47. The van der Waals surface area contributed by atoms with Gasteiger partial charge in [-0.3, -0.25) is 14.5 Å². The van der Waals surface area contributed by atoms with Gasteiger partial charge in [-0.1, -0.05) is 6.92 Å². The predicted octanol–water partition coefficient (Wildman–Crippen LogP) is 0.919. The largest absolute Gasteiger partial charge is 0.416 e. The molecule has 0 aromatic rings. The van der Waals surface area contributed by atoms with Gasteiger partial charge in [0, 0.05) is 12.8 Å². The third-order valence-corrected chi connectivity index (χ3v) is 3.65. The highest BCUT2D eigenvalue weighted by atomic mass is 31.1. The summed E-state index contributed by atoms with van der Waals surface area (Å²) >= 11 is 0. The van der Waals surface area contributed by atoms with Gasteiger partial charge in [-0.15, -0.1) is 0 Å². The second kappa shape index (κ2) is 8.31. The summed E-state index contributed by atoms with van der Waals surface area (Å²) in [6, 6.07) is 0. The van der Waals surface area contributed by atoms with Crippen LogP contribution in [0.5, 0.6) is 0 Å². The predicted molar refractivity (Wildman–Crippen MR) is 78.1 cm³/mol. The molecule has 2 rings (SSSR count). The van der Waals surface area contributed by atoms with Crippen LogP contribution in [0.3, 0.4) is 0 Å². The summed E-state index contributed by atoms with van der Waals surface area (Å²) in [5.74, 6) is -0.700. The van der Waals surface area contributed by atoms with Gasteiger partial charge in [-0.25, -0.2) is 4.57 Å². The van der Waals surface area contributed by atoms with Crippen LogP contribution < -0.4 is 0 Å². The molecule has 8 nitrogen and oxygen atoms in total. The average molecular weight is 343 g/mol. The number of ether oxygens (including phenoxy) is 2. The van der Waals surface area contributed by atoms with E-state index in [1.54, 1.807) is 0 Å². The molecule has 1 saturated heterocycles. The van der Waals surface area contributed by atoms with E-state index in [9.17, 15) is 19.3 Å². The molecule has 4 atom stereocenters. The van der Waals surface area contributed by atoms with Gasteiger partial charge in [0.15, 0.2) is 12.0 Å². The number of hydrogen-bond donors (Lipinski definition) is 1. The molecular formula is C14H18NO7P. The van der Waals surface area contributed by atoms with Crippen molar-refractivity contribution in [3.63, 3.8) is 0 Å². The molecule has 2 heterocycles. The first kappa shape index (κ1) is 17.7. The number of hydrogen-bond acceptors (Lipinski definition) is 7. The van der Waals surface area contributed by atoms with Crippen LogP contribution in [-0.4, -0.2) is 52.8 Å². The molecule has 0 aliphatic carbocycles. The van der Waals surface area contributed by atoms with Crippen LogP contribution in [-0.2, 0) is 28.2 Å². The van der Waals surface area contributed by atoms with Gasteiger partial charge in [0.05, 0.1) is 12.7 Å². The lowest BCUT2D eigenvalue weighted by atomic mass is 10.1. The van der Waals surface area contributed by atoms with Gasteiger partial charge in [-0.2, -0.15) is 0 Å². The van der Waals surface area contributed by atoms with Crippen LogP contribution in [0.4, 0.5) is 0 Å². The number of aliphatic hydroxyl groups is 1. The second-order valence-corrected chi connectivity index (χ2v) is 5.45. The number of ketones is 1. The van der Waals surface area contributed by atoms with Crippen molar-refractivity contribution in [3.05, 3.63) is 24.6 Å². The first-order chi connectivity index (χ1) is 11.1. The molecule has 23 heavy (non-hydrogen) atoms. The highest BCUT2D eigenvalue weighted by Crippen LogP contribution is 2.29. The van der Waals surface area contributed by atoms with Crippen molar-refractivity contribution in [3.8, 4) is 0 Å². The molecule has 0 aromatic heterocycles. The Hall–Kier alpha value is -1.60. The van der Waals surface area contributed by atoms with E-state index in [1.807, 2.05) is 6.92 Å². The quantitative estimate of drug-likeness (QED) is 0.416. The molecule has 2 aliphatic heterocycles. The van der Waals surface area contributed by atoms with Crippen LogP contribution in [0.2, 0.25) is 0 Å². The molecule has 1 fully saturated rings. The third kappa shape index (κ3) is 4.23. The molecule has 9 heteroatoms. The number of carbonyl (C=O) groups excluding carboxylic acids is 2. The number of rotatable bonds is 7. The molecule has 0 spiro atoms. The Kier molecular flexibility index (Phi) is 6.41. The normalized spacial score (nSPS) is 31.5. The molecule has 126 valence electrons. The minimum atomic E-state index is -1.03. The SMILES string of the molecule is CCCO[C@@H]1[C@H](O)[C@@H](/C=C/OP=O)O[C@H]1N1C=CC(=O)CC1=O. The Morgan fingerprint density at radius 3 is 2.96 bits per heavy atom. The van der Waals surface area contributed by atoms with Gasteiger partial charge < -0.3 is 19.1 Å². The van der Waals surface area contributed by atoms with Crippen molar-refractivity contribution in [1.82, 2.24) is 4.90 Å². The minimum Gasteiger partial charge on any atom is -0.416 e. The summed E-state index contributed by atoms with van der Waals surface area (Å²) in [5, 5.41) is 10.3. The smallest absolute Gasteiger partial charge is 0.395 e. The molecule has 0 bridgehead atoms. The molecule has 0 saturated carbocycles. The monoisotopic (exact) mass is 343 g/mol. The summed E-state index contributed by atoms with van der Waals surface area (Å²) in [6.45, 7) is 2.30. The Labute approximate surface area is 135 Å². The first-order valence-corrected chi connectivity index (χ1v) is 7.94. The van der Waals surface area contributed by atoms with E-state index in [2.05, 4.69) is 4.52 Å². The van der Waals surface area contributed by atoms with Gasteiger partial charge in [-0.05, 0) is 18.6 Å². The lowest BCUT2D eigenvalue weighted by molar-refractivity contribution is -0.149. The topological polar surface area (TPSA) is 102 Å². The molecular weight excluding hydrogens is 325 g/mol. The van der Waals surface area contributed by atoms with E-state index >= 15 is 0 Å². The number of aliphatic hydroxyl groups excluding tert-OH is 1. The maximum atomic E-state index is 12.0. The molecule has 0 unspecified atom stereocenters. The van der Waals surface area contributed by atoms with E-state index in [0.29, 0.717) is 6.61 Å². The number of amides is 1. The van der Waals surface area contributed by atoms with Crippen molar-refractivity contribution < 1.29 is 33.3 Å². The fourth-order valence-corrected chi connectivity index (χ4v) is 2.52. The molecule has 0 aromatic carbocycles. The summed E-state index contributed by atoms with van der Waals surface area (Å²) in [5.41, 5.74) is 0. The average Bonchev–Trinajstić information content (AvgIpc) is 2.82. The van der Waals surface area contributed by atoms with Crippen LogP contribution in [0.1, 0.15) is 19.8 Å². The lowest BCUT2D eigenvalue weighted by Gasteiger charge is -2.30. The first-order valence-electron chi connectivity index (χ1n) is 7.21. The van der Waals surface area contributed by atoms with Crippen LogP contribution in [0, 0.1) is 0 Å². The summed E-state index contributed by atoms with van der Waals surface area (Å²) < 4.78 is 26.1. The van der Waals surface area contributed by atoms with Gasteiger partial charge in [0.1, 0.15) is 18.3 Å². The zero-order valence-corrected chi connectivity index (χ0v) is 13.4. The Morgan fingerprint density at radius 1 is 1.52 bits per heavy atom. The number of nitrogens with zero attached hydrogens (tertiary/aromatic N) is 1. The summed E-state index contributed by atoms with van der Waals surface area (Å²) in [6.07, 6.45) is 2.20.